The number of aromatic hydroxyl groups is 1. The molecule has 3 rings (SSSR count). The van der Waals surface area contributed by atoms with E-state index in [1.165, 1.54) is 12.0 Å². The van der Waals surface area contributed by atoms with Gasteiger partial charge in [0.15, 0.2) is 0 Å². The van der Waals surface area contributed by atoms with Crippen LogP contribution < -0.4 is 0 Å². The van der Waals surface area contributed by atoms with Crippen LogP contribution in [0.1, 0.15) is 31.2 Å². The number of phenols is 1. The van der Waals surface area contributed by atoms with Gasteiger partial charge in [0.1, 0.15) is 5.75 Å². The Labute approximate surface area is 153 Å². The smallest absolute Gasteiger partial charge is 0.233 e. The van der Waals surface area contributed by atoms with E-state index in [4.69, 9.17) is 0 Å². The highest BCUT2D eigenvalue weighted by molar-refractivity contribution is 8.00. The highest BCUT2D eigenvalue weighted by Crippen LogP contribution is 2.24. The number of thioether (sulfide) groups is 1. The molecule has 0 saturated carbocycles. The Balaban J connectivity index is 1.54. The second-order valence-electron chi connectivity index (χ2n) is 6.41. The molecule has 0 aliphatic carbocycles. The molecule has 132 valence electrons. The van der Waals surface area contributed by atoms with E-state index in [0.29, 0.717) is 17.5 Å². The molecule has 1 N–H and O–H groups in total. The number of aryl methyl sites for hydroxylation is 1. The van der Waals surface area contributed by atoms with Crippen LogP contribution in [-0.4, -0.2) is 39.2 Å². The summed E-state index contributed by atoms with van der Waals surface area (Å²) in [7, 11) is 0. The number of nitrogens with zero attached hydrogens (tertiary/aromatic N) is 2. The Kier molecular flexibility index (Phi) is 6.34. The molecule has 1 aromatic carbocycles. The molecule has 2 heterocycles. The predicted molar refractivity (Wildman–Crippen MR) is 101 cm³/mol. The molecule has 25 heavy (non-hydrogen) atoms. The van der Waals surface area contributed by atoms with Crippen LogP contribution in [0.25, 0.3) is 0 Å². The first-order chi connectivity index (χ1) is 12.2. The monoisotopic (exact) mass is 356 g/mol. The molecule has 1 aliphatic heterocycles. The first-order valence-electron chi connectivity index (χ1n) is 8.82. The summed E-state index contributed by atoms with van der Waals surface area (Å²) < 4.78 is 0. The number of benzene rings is 1. The van der Waals surface area contributed by atoms with Crippen LogP contribution in [0.2, 0.25) is 0 Å². The maximum atomic E-state index is 12.7. The minimum Gasteiger partial charge on any atom is -0.508 e. The van der Waals surface area contributed by atoms with Gasteiger partial charge in [0.05, 0.1) is 5.75 Å². The van der Waals surface area contributed by atoms with Crippen molar-refractivity contribution >= 4 is 17.7 Å². The van der Waals surface area contributed by atoms with Crippen molar-refractivity contribution in [1.29, 1.82) is 0 Å². The molecule has 1 fully saturated rings. The Morgan fingerprint density at radius 1 is 1.16 bits per heavy atom. The van der Waals surface area contributed by atoms with E-state index in [-0.39, 0.29) is 5.91 Å². The molecule has 1 aromatic heterocycles. The van der Waals surface area contributed by atoms with E-state index in [1.807, 2.05) is 24.3 Å². The number of amides is 1. The van der Waals surface area contributed by atoms with Gasteiger partial charge in [-0.2, -0.15) is 0 Å². The van der Waals surface area contributed by atoms with Crippen molar-refractivity contribution in [2.24, 2.45) is 0 Å². The fourth-order valence-corrected chi connectivity index (χ4v) is 4.06. The van der Waals surface area contributed by atoms with Gasteiger partial charge in [0, 0.05) is 29.9 Å². The van der Waals surface area contributed by atoms with Crippen LogP contribution in [0.3, 0.4) is 0 Å². The highest BCUT2D eigenvalue weighted by Gasteiger charge is 2.26. The summed E-state index contributed by atoms with van der Waals surface area (Å²) in [4.78, 5) is 19.9. The highest BCUT2D eigenvalue weighted by atomic mass is 32.2. The summed E-state index contributed by atoms with van der Waals surface area (Å²) in [5, 5.41) is 9.38. The van der Waals surface area contributed by atoms with Crippen molar-refractivity contribution in [2.45, 2.75) is 43.0 Å². The van der Waals surface area contributed by atoms with Gasteiger partial charge in [0.2, 0.25) is 5.91 Å². The van der Waals surface area contributed by atoms with Crippen LogP contribution in [0, 0.1) is 0 Å². The van der Waals surface area contributed by atoms with Gasteiger partial charge in [-0.1, -0.05) is 12.1 Å². The molecule has 5 heteroatoms. The third-order valence-electron chi connectivity index (χ3n) is 4.66. The standard InChI is InChI=1S/C20H24N2O2S/c23-18-8-5-16(6-9-18)4-7-17-3-1-2-14-22(17)20(24)15-25-19-10-12-21-13-11-19/h5-6,8-13,17,23H,1-4,7,14-15H2/t17-/m1/s1. The summed E-state index contributed by atoms with van der Waals surface area (Å²) in [6, 6.07) is 11.6. The number of piperidine rings is 1. The molecule has 1 atom stereocenters. The molecule has 0 radical (unpaired) electrons. The number of phenolic OH excluding ortho intramolecular Hbond substituents is 1. The molecule has 0 spiro atoms. The zero-order valence-electron chi connectivity index (χ0n) is 14.3. The lowest BCUT2D eigenvalue weighted by molar-refractivity contribution is -0.132. The minimum atomic E-state index is 0.234. The SMILES string of the molecule is O=C(CSc1ccncc1)N1CCCC[C@@H]1CCc1ccc(O)cc1. The number of hydrogen-bond donors (Lipinski definition) is 1. The van der Waals surface area contributed by atoms with Gasteiger partial charge in [-0.25, -0.2) is 0 Å². The van der Waals surface area contributed by atoms with Crippen LogP contribution >= 0.6 is 11.8 Å². The van der Waals surface area contributed by atoms with Gasteiger partial charge in [-0.05, 0) is 61.9 Å². The van der Waals surface area contributed by atoms with Crippen molar-refractivity contribution in [2.75, 3.05) is 12.3 Å². The van der Waals surface area contributed by atoms with E-state index in [1.54, 1.807) is 36.3 Å². The molecule has 1 amide bonds. The molecule has 1 saturated heterocycles. The summed E-state index contributed by atoms with van der Waals surface area (Å²) in [5.41, 5.74) is 1.21. The number of hydrogen-bond acceptors (Lipinski definition) is 4. The fourth-order valence-electron chi connectivity index (χ4n) is 3.29. The number of likely N-dealkylation sites (tertiary alicyclic amines) is 1. The van der Waals surface area contributed by atoms with Crippen molar-refractivity contribution < 1.29 is 9.90 Å². The van der Waals surface area contributed by atoms with Gasteiger partial charge in [-0.3, -0.25) is 9.78 Å². The van der Waals surface area contributed by atoms with Crippen LogP contribution in [0.15, 0.2) is 53.7 Å². The summed E-state index contributed by atoms with van der Waals surface area (Å²) in [6.07, 6.45) is 8.82. The Morgan fingerprint density at radius 2 is 1.92 bits per heavy atom. The quantitative estimate of drug-likeness (QED) is 0.798. The summed E-state index contributed by atoms with van der Waals surface area (Å²) in [5.74, 6) is 1.02. The Hall–Kier alpha value is -2.01. The van der Waals surface area contributed by atoms with Crippen LogP contribution in [-0.2, 0) is 11.2 Å². The summed E-state index contributed by atoms with van der Waals surface area (Å²) >= 11 is 1.58. The number of carbonyl (C=O) groups excluding carboxylic acids is 1. The van der Waals surface area contributed by atoms with E-state index in [2.05, 4.69) is 9.88 Å². The number of rotatable bonds is 6. The lowest BCUT2D eigenvalue weighted by atomic mass is 9.96. The maximum Gasteiger partial charge on any atom is 0.233 e. The molecule has 0 unspecified atom stereocenters. The molecule has 1 aliphatic rings. The van der Waals surface area contributed by atoms with Crippen molar-refractivity contribution in [3.8, 4) is 5.75 Å². The zero-order chi connectivity index (χ0) is 17.5. The van der Waals surface area contributed by atoms with E-state index in [0.717, 1.165) is 37.1 Å². The van der Waals surface area contributed by atoms with Gasteiger partial charge >= 0.3 is 0 Å². The number of carbonyl (C=O) groups is 1. The fraction of sp³-hybridized carbons (Fsp3) is 0.400. The second kappa shape index (κ2) is 8.90. The predicted octanol–water partition coefficient (Wildman–Crippen LogP) is 3.89. The van der Waals surface area contributed by atoms with E-state index in [9.17, 15) is 9.90 Å². The minimum absolute atomic E-state index is 0.234. The van der Waals surface area contributed by atoms with Gasteiger partial charge in [0.25, 0.3) is 0 Å². The second-order valence-corrected chi connectivity index (χ2v) is 7.46. The first-order valence-corrected chi connectivity index (χ1v) is 9.81. The van der Waals surface area contributed by atoms with Gasteiger partial charge < -0.3 is 10.0 Å². The lowest BCUT2D eigenvalue weighted by Gasteiger charge is -2.36. The summed E-state index contributed by atoms with van der Waals surface area (Å²) in [6.45, 7) is 0.871. The lowest BCUT2D eigenvalue weighted by Crippen LogP contribution is -2.44. The molecule has 4 nitrogen and oxygen atoms in total. The average molecular weight is 356 g/mol. The average Bonchev–Trinajstić information content (AvgIpc) is 2.67. The van der Waals surface area contributed by atoms with E-state index < -0.39 is 0 Å². The first kappa shape index (κ1) is 17.8. The van der Waals surface area contributed by atoms with Gasteiger partial charge in [-0.15, -0.1) is 11.8 Å². The third kappa shape index (κ3) is 5.23. The topological polar surface area (TPSA) is 53.4 Å². The molecular weight excluding hydrogens is 332 g/mol. The third-order valence-corrected chi connectivity index (χ3v) is 5.66. The van der Waals surface area contributed by atoms with Crippen LogP contribution in [0.4, 0.5) is 0 Å². The van der Waals surface area contributed by atoms with Crippen molar-refractivity contribution in [3.63, 3.8) is 0 Å². The zero-order valence-corrected chi connectivity index (χ0v) is 15.1. The maximum absolute atomic E-state index is 12.7. The molecule has 0 bridgehead atoms. The number of pyridine rings is 1. The van der Waals surface area contributed by atoms with Crippen LogP contribution in [0.5, 0.6) is 5.75 Å². The molecular formula is C20H24N2O2S. The Morgan fingerprint density at radius 3 is 2.68 bits per heavy atom. The normalized spacial score (nSPS) is 17.4. The number of aromatic nitrogens is 1. The van der Waals surface area contributed by atoms with E-state index >= 15 is 0 Å². The van der Waals surface area contributed by atoms with Crippen molar-refractivity contribution in [3.05, 3.63) is 54.4 Å². The van der Waals surface area contributed by atoms with Crippen molar-refractivity contribution in [1.82, 2.24) is 9.88 Å². The largest absolute Gasteiger partial charge is 0.508 e. The molecule has 2 aromatic rings. The Bertz CT molecular complexity index is 676.